The molecule has 0 amide bonds. The Morgan fingerprint density at radius 1 is 1.32 bits per heavy atom. The molecular weight excluding hydrogens is 282 g/mol. The van der Waals surface area contributed by atoms with Crippen molar-refractivity contribution in [2.45, 2.75) is 26.0 Å². The Kier molecular flexibility index (Phi) is 6.58. The zero-order valence-corrected chi connectivity index (χ0v) is 12.8. The number of ether oxygens (including phenoxy) is 1. The lowest BCUT2D eigenvalue weighted by atomic mass is 10.2. The van der Waals surface area contributed by atoms with Crippen molar-refractivity contribution in [1.82, 2.24) is 5.32 Å². The first-order valence-electron chi connectivity index (χ1n) is 6.17. The summed E-state index contributed by atoms with van der Waals surface area (Å²) < 4.78 is 6.88. The summed E-state index contributed by atoms with van der Waals surface area (Å²) in [7, 11) is 0. The Hall–Kier alpha value is -0.810. The summed E-state index contributed by atoms with van der Waals surface area (Å²) in [6.07, 6.45) is -0.480. The molecule has 2 aromatic rings. The van der Waals surface area contributed by atoms with Crippen molar-refractivity contribution in [2.75, 3.05) is 13.2 Å². The van der Waals surface area contributed by atoms with Gasteiger partial charge in [0.1, 0.15) is 18.5 Å². The van der Waals surface area contributed by atoms with E-state index in [2.05, 4.69) is 25.2 Å². The Morgan fingerprint density at radius 2 is 2.05 bits per heavy atom. The molecule has 0 radical (unpaired) electrons. The van der Waals surface area contributed by atoms with Crippen LogP contribution in [-0.4, -0.2) is 30.4 Å². The summed E-state index contributed by atoms with van der Waals surface area (Å²) in [4.78, 5) is 0. The standard InChI is InChI=1S/C14H19NO2S.ClH/c1-10(2)15-7-11(16)8-17-13-9-18-14-6-4-3-5-12(13)14;/h3-6,9-11,15-16H,7-8H2,1-2H3;1H. The highest BCUT2D eigenvalue weighted by atomic mass is 35.5. The number of hydrogen-bond acceptors (Lipinski definition) is 4. The highest BCUT2D eigenvalue weighted by Gasteiger charge is 2.08. The lowest BCUT2D eigenvalue weighted by Gasteiger charge is -2.14. The molecule has 2 rings (SSSR count). The summed E-state index contributed by atoms with van der Waals surface area (Å²) in [5, 5.41) is 16.1. The van der Waals surface area contributed by atoms with Gasteiger partial charge in [-0.15, -0.1) is 23.7 Å². The van der Waals surface area contributed by atoms with Gasteiger partial charge in [-0.3, -0.25) is 0 Å². The van der Waals surface area contributed by atoms with Crippen LogP contribution in [0.1, 0.15) is 13.8 Å². The summed E-state index contributed by atoms with van der Waals surface area (Å²) in [6, 6.07) is 8.51. The molecule has 1 atom stereocenters. The fourth-order valence-electron chi connectivity index (χ4n) is 1.68. The molecule has 19 heavy (non-hydrogen) atoms. The van der Waals surface area contributed by atoms with E-state index in [-0.39, 0.29) is 12.4 Å². The molecule has 0 fully saturated rings. The van der Waals surface area contributed by atoms with Crippen molar-refractivity contribution in [2.24, 2.45) is 0 Å². The number of hydrogen-bond donors (Lipinski definition) is 2. The number of nitrogens with one attached hydrogen (secondary N) is 1. The van der Waals surface area contributed by atoms with Crippen LogP contribution in [0.25, 0.3) is 10.1 Å². The van der Waals surface area contributed by atoms with Gasteiger partial charge in [0, 0.05) is 28.1 Å². The van der Waals surface area contributed by atoms with Gasteiger partial charge < -0.3 is 15.2 Å². The van der Waals surface area contributed by atoms with E-state index in [1.165, 1.54) is 4.70 Å². The molecule has 0 aliphatic rings. The molecule has 0 aliphatic carbocycles. The topological polar surface area (TPSA) is 41.5 Å². The van der Waals surface area contributed by atoms with Gasteiger partial charge in [-0.1, -0.05) is 26.0 Å². The molecule has 2 N–H and O–H groups in total. The average Bonchev–Trinajstić information content (AvgIpc) is 2.77. The lowest BCUT2D eigenvalue weighted by Crippen LogP contribution is -2.35. The molecule has 0 saturated carbocycles. The fourth-order valence-corrected chi connectivity index (χ4v) is 2.56. The summed E-state index contributed by atoms with van der Waals surface area (Å²) in [5.74, 6) is 0.860. The number of rotatable bonds is 6. The number of halogens is 1. The van der Waals surface area contributed by atoms with Crippen molar-refractivity contribution < 1.29 is 9.84 Å². The second kappa shape index (κ2) is 7.70. The van der Waals surface area contributed by atoms with Crippen molar-refractivity contribution in [3.8, 4) is 5.75 Å². The molecule has 1 heterocycles. The van der Waals surface area contributed by atoms with E-state index in [4.69, 9.17) is 4.74 Å². The first kappa shape index (κ1) is 16.2. The molecular formula is C14H20ClNO2S. The van der Waals surface area contributed by atoms with E-state index >= 15 is 0 Å². The molecule has 0 aliphatic heterocycles. The Labute approximate surface area is 124 Å². The predicted molar refractivity (Wildman–Crippen MR) is 83.7 cm³/mol. The number of fused-ring (bicyclic) bond motifs is 1. The maximum absolute atomic E-state index is 9.78. The molecule has 106 valence electrons. The maximum atomic E-state index is 9.78. The third-order valence-corrected chi connectivity index (χ3v) is 3.58. The second-order valence-electron chi connectivity index (χ2n) is 4.62. The van der Waals surface area contributed by atoms with Crippen molar-refractivity contribution in [1.29, 1.82) is 0 Å². The molecule has 3 nitrogen and oxygen atoms in total. The van der Waals surface area contributed by atoms with Gasteiger partial charge in [0.25, 0.3) is 0 Å². The smallest absolute Gasteiger partial charge is 0.137 e. The van der Waals surface area contributed by atoms with Crippen LogP contribution in [0.2, 0.25) is 0 Å². The van der Waals surface area contributed by atoms with Crippen LogP contribution >= 0.6 is 23.7 Å². The molecule has 1 aromatic carbocycles. The summed E-state index contributed by atoms with van der Waals surface area (Å²) in [6.45, 7) is 4.99. The summed E-state index contributed by atoms with van der Waals surface area (Å²) >= 11 is 1.66. The van der Waals surface area contributed by atoms with Crippen LogP contribution in [0.3, 0.4) is 0 Å². The van der Waals surface area contributed by atoms with Crippen molar-refractivity contribution in [3.05, 3.63) is 29.6 Å². The van der Waals surface area contributed by atoms with Crippen LogP contribution in [-0.2, 0) is 0 Å². The van der Waals surface area contributed by atoms with Crippen LogP contribution in [0.5, 0.6) is 5.75 Å². The zero-order valence-electron chi connectivity index (χ0n) is 11.1. The normalized spacial score (nSPS) is 12.4. The predicted octanol–water partition coefficient (Wildman–Crippen LogP) is 3.06. The SMILES string of the molecule is CC(C)NCC(O)COc1csc2ccccc12.Cl. The van der Waals surface area contributed by atoms with Crippen LogP contribution in [0.15, 0.2) is 29.6 Å². The Bertz CT molecular complexity index is 501. The monoisotopic (exact) mass is 301 g/mol. The van der Waals surface area contributed by atoms with Gasteiger partial charge in [-0.05, 0) is 12.1 Å². The van der Waals surface area contributed by atoms with Gasteiger partial charge in [0.05, 0.1) is 0 Å². The highest BCUT2D eigenvalue weighted by Crippen LogP contribution is 2.31. The second-order valence-corrected chi connectivity index (χ2v) is 5.54. The number of aliphatic hydroxyl groups is 1. The van der Waals surface area contributed by atoms with Crippen molar-refractivity contribution >= 4 is 33.8 Å². The summed E-state index contributed by atoms with van der Waals surface area (Å²) in [5.41, 5.74) is 0. The number of aliphatic hydroxyl groups excluding tert-OH is 1. The molecule has 0 saturated heterocycles. The van der Waals surface area contributed by atoms with E-state index in [0.29, 0.717) is 19.2 Å². The first-order chi connectivity index (χ1) is 8.66. The lowest BCUT2D eigenvalue weighted by molar-refractivity contribution is 0.105. The zero-order chi connectivity index (χ0) is 13.0. The first-order valence-corrected chi connectivity index (χ1v) is 7.05. The van der Waals surface area contributed by atoms with Crippen molar-refractivity contribution in [3.63, 3.8) is 0 Å². The minimum Gasteiger partial charge on any atom is -0.489 e. The molecule has 1 unspecified atom stereocenters. The van der Waals surface area contributed by atoms with Crippen LogP contribution in [0, 0.1) is 0 Å². The van der Waals surface area contributed by atoms with E-state index in [1.807, 2.05) is 23.6 Å². The van der Waals surface area contributed by atoms with Gasteiger partial charge in [-0.2, -0.15) is 0 Å². The number of benzene rings is 1. The minimum atomic E-state index is -0.480. The van der Waals surface area contributed by atoms with Gasteiger partial charge in [0.2, 0.25) is 0 Å². The Morgan fingerprint density at radius 3 is 2.79 bits per heavy atom. The third kappa shape index (κ3) is 4.66. The van der Waals surface area contributed by atoms with Gasteiger partial charge in [0.15, 0.2) is 0 Å². The van der Waals surface area contributed by atoms with E-state index in [9.17, 15) is 5.11 Å². The minimum absolute atomic E-state index is 0. The van der Waals surface area contributed by atoms with E-state index in [1.54, 1.807) is 11.3 Å². The number of thiophene rings is 1. The maximum Gasteiger partial charge on any atom is 0.137 e. The van der Waals surface area contributed by atoms with Crippen LogP contribution in [0.4, 0.5) is 0 Å². The Balaban J connectivity index is 0.00000180. The van der Waals surface area contributed by atoms with Gasteiger partial charge >= 0.3 is 0 Å². The van der Waals surface area contributed by atoms with Crippen LogP contribution < -0.4 is 10.1 Å². The highest BCUT2D eigenvalue weighted by molar-refractivity contribution is 7.17. The quantitative estimate of drug-likeness (QED) is 0.861. The van der Waals surface area contributed by atoms with E-state index in [0.717, 1.165) is 11.1 Å². The largest absolute Gasteiger partial charge is 0.489 e. The fraction of sp³-hybridized carbons (Fsp3) is 0.429. The molecule has 5 heteroatoms. The molecule has 0 bridgehead atoms. The van der Waals surface area contributed by atoms with Gasteiger partial charge in [-0.25, -0.2) is 0 Å². The average molecular weight is 302 g/mol. The molecule has 0 spiro atoms. The third-order valence-electron chi connectivity index (χ3n) is 2.64. The van der Waals surface area contributed by atoms with E-state index < -0.39 is 6.10 Å². The molecule has 1 aromatic heterocycles.